The zero-order valence-electron chi connectivity index (χ0n) is 15.2. The van der Waals surface area contributed by atoms with Gasteiger partial charge in [0, 0.05) is 18.8 Å². The van der Waals surface area contributed by atoms with Gasteiger partial charge in [-0.05, 0) is 67.1 Å². The highest BCUT2D eigenvalue weighted by molar-refractivity contribution is 6.40. The van der Waals surface area contributed by atoms with Gasteiger partial charge in [-0.25, -0.2) is 8.78 Å². The zero-order chi connectivity index (χ0) is 19.9. The Hall–Kier alpha value is -1.85. The highest BCUT2D eigenvalue weighted by atomic mass is 35.5. The number of carbonyl (C=O) groups is 1. The van der Waals surface area contributed by atoms with E-state index < -0.39 is 11.6 Å². The number of carbonyl (C=O) groups excluding carboxylic acids is 1. The fourth-order valence-electron chi connectivity index (χ4n) is 3.62. The molecule has 2 aliphatic rings. The van der Waals surface area contributed by atoms with E-state index >= 15 is 0 Å². The van der Waals surface area contributed by atoms with E-state index in [0.29, 0.717) is 35.1 Å². The van der Waals surface area contributed by atoms with Gasteiger partial charge in [-0.15, -0.1) is 0 Å². The van der Waals surface area contributed by atoms with Crippen molar-refractivity contribution < 1.29 is 13.6 Å². The number of halogens is 4. The van der Waals surface area contributed by atoms with Crippen molar-refractivity contribution in [2.75, 3.05) is 16.8 Å². The number of nitrogens with one attached hydrogen (secondary N) is 1. The molecule has 2 aromatic rings. The van der Waals surface area contributed by atoms with Crippen LogP contribution in [0.2, 0.25) is 10.0 Å². The van der Waals surface area contributed by atoms with Crippen LogP contribution in [-0.2, 0) is 17.8 Å². The van der Waals surface area contributed by atoms with Gasteiger partial charge in [0.15, 0.2) is 0 Å². The molecule has 3 nitrogen and oxygen atoms in total. The minimum Gasteiger partial charge on any atom is -0.367 e. The minimum absolute atomic E-state index is 0.172. The smallest absolute Gasteiger partial charge is 0.227 e. The summed E-state index contributed by atoms with van der Waals surface area (Å²) in [6, 6.07) is 8.20. The van der Waals surface area contributed by atoms with E-state index in [2.05, 4.69) is 10.2 Å². The molecule has 148 valence electrons. The SMILES string of the molecule is O=C(CC1(F)CC1)Nc1c(Cl)cc2c(c1Cl)CCCN(c1ccc(F)cc1)C2. The van der Waals surface area contributed by atoms with Crippen molar-refractivity contribution >= 4 is 40.5 Å². The summed E-state index contributed by atoms with van der Waals surface area (Å²) < 4.78 is 27.1. The monoisotopic (exact) mass is 424 g/mol. The quantitative estimate of drug-likeness (QED) is 0.660. The number of amides is 1. The third-order valence-corrected chi connectivity index (χ3v) is 6.07. The number of rotatable bonds is 4. The van der Waals surface area contributed by atoms with Crippen LogP contribution in [-0.4, -0.2) is 18.1 Å². The van der Waals surface area contributed by atoms with E-state index in [1.54, 1.807) is 12.1 Å². The third-order valence-electron chi connectivity index (χ3n) is 5.35. The Labute approximate surface area is 172 Å². The summed E-state index contributed by atoms with van der Waals surface area (Å²) in [7, 11) is 0. The third kappa shape index (κ3) is 4.11. The maximum absolute atomic E-state index is 13.9. The van der Waals surface area contributed by atoms with Crippen LogP contribution in [0.3, 0.4) is 0 Å². The number of alkyl halides is 1. The lowest BCUT2D eigenvalue weighted by atomic mass is 10.0. The number of nitrogens with zero attached hydrogens (tertiary/aromatic N) is 1. The molecule has 0 saturated heterocycles. The number of hydrogen-bond donors (Lipinski definition) is 1. The highest BCUT2D eigenvalue weighted by Crippen LogP contribution is 2.44. The maximum Gasteiger partial charge on any atom is 0.227 e. The van der Waals surface area contributed by atoms with Crippen molar-refractivity contribution in [3.8, 4) is 0 Å². The maximum atomic E-state index is 13.9. The van der Waals surface area contributed by atoms with Crippen LogP contribution in [0.5, 0.6) is 0 Å². The lowest BCUT2D eigenvalue weighted by molar-refractivity contribution is -0.117. The number of fused-ring (bicyclic) bond motifs is 1. The summed E-state index contributed by atoms with van der Waals surface area (Å²) in [6.07, 6.45) is 2.26. The zero-order valence-corrected chi connectivity index (χ0v) is 16.7. The molecular weight excluding hydrogens is 405 g/mol. The summed E-state index contributed by atoms with van der Waals surface area (Å²) in [5.41, 5.74) is 1.82. The predicted octanol–water partition coefficient (Wildman–Crippen LogP) is 5.92. The molecule has 1 aliphatic heterocycles. The summed E-state index contributed by atoms with van der Waals surface area (Å²) >= 11 is 13.0. The molecule has 2 aromatic carbocycles. The van der Waals surface area contributed by atoms with Crippen molar-refractivity contribution in [1.29, 1.82) is 0 Å². The van der Waals surface area contributed by atoms with Crippen molar-refractivity contribution in [2.45, 2.75) is 44.3 Å². The van der Waals surface area contributed by atoms with E-state index in [-0.39, 0.29) is 12.2 Å². The van der Waals surface area contributed by atoms with E-state index in [4.69, 9.17) is 23.2 Å². The van der Waals surface area contributed by atoms with Gasteiger partial charge in [-0.1, -0.05) is 23.2 Å². The van der Waals surface area contributed by atoms with Crippen molar-refractivity contribution in [3.05, 3.63) is 57.3 Å². The first-order chi connectivity index (χ1) is 13.3. The average molecular weight is 425 g/mol. The second-order valence-corrected chi connectivity index (χ2v) is 8.35. The summed E-state index contributed by atoms with van der Waals surface area (Å²) in [5.74, 6) is -0.683. The van der Waals surface area contributed by atoms with Crippen molar-refractivity contribution in [2.24, 2.45) is 0 Å². The Balaban J connectivity index is 1.58. The molecule has 0 spiro atoms. The van der Waals surface area contributed by atoms with Gasteiger partial charge >= 0.3 is 0 Å². The topological polar surface area (TPSA) is 32.3 Å². The molecule has 1 heterocycles. The largest absolute Gasteiger partial charge is 0.367 e. The molecule has 0 aromatic heterocycles. The fourth-order valence-corrected chi connectivity index (χ4v) is 4.31. The van der Waals surface area contributed by atoms with Gasteiger partial charge in [-0.2, -0.15) is 0 Å². The first-order valence-electron chi connectivity index (χ1n) is 9.34. The predicted molar refractivity (Wildman–Crippen MR) is 109 cm³/mol. The van der Waals surface area contributed by atoms with Gasteiger partial charge in [0.25, 0.3) is 0 Å². The molecule has 1 aliphatic carbocycles. The number of hydrogen-bond acceptors (Lipinski definition) is 2. The standard InChI is InChI=1S/C21H20Cl2F2N2O/c22-17-10-13-12-27(15-5-3-14(24)4-6-15)9-1-2-16(13)19(23)20(17)26-18(28)11-21(25)7-8-21/h3-6,10H,1-2,7-9,11-12H2,(H,26,28). The Kier molecular flexibility index (Phi) is 5.23. The van der Waals surface area contributed by atoms with E-state index in [1.807, 2.05) is 6.07 Å². The fraction of sp³-hybridized carbons (Fsp3) is 0.381. The lowest BCUT2D eigenvalue weighted by Crippen LogP contribution is -2.22. The molecule has 1 N–H and O–H groups in total. The van der Waals surface area contributed by atoms with Gasteiger partial charge in [0.2, 0.25) is 5.91 Å². The van der Waals surface area contributed by atoms with Crippen LogP contribution in [0.25, 0.3) is 0 Å². The molecule has 28 heavy (non-hydrogen) atoms. The normalized spacial score (nSPS) is 17.6. The first kappa shape index (κ1) is 19.5. The van der Waals surface area contributed by atoms with E-state index in [1.165, 1.54) is 12.1 Å². The second kappa shape index (κ2) is 7.53. The lowest BCUT2D eigenvalue weighted by Gasteiger charge is -2.24. The van der Waals surface area contributed by atoms with Crippen LogP contribution < -0.4 is 10.2 Å². The molecule has 1 fully saturated rings. The van der Waals surface area contributed by atoms with Crippen LogP contribution in [0.1, 0.15) is 36.8 Å². The van der Waals surface area contributed by atoms with Gasteiger partial charge < -0.3 is 10.2 Å². The Morgan fingerprint density at radius 1 is 1.21 bits per heavy atom. The summed E-state index contributed by atoms with van der Waals surface area (Å²) in [5, 5.41) is 3.45. The molecule has 1 saturated carbocycles. The summed E-state index contributed by atoms with van der Waals surface area (Å²) in [6.45, 7) is 1.38. The first-order valence-corrected chi connectivity index (χ1v) is 10.1. The molecule has 0 unspecified atom stereocenters. The minimum atomic E-state index is -1.37. The Bertz CT molecular complexity index is 914. The molecule has 0 bridgehead atoms. The van der Waals surface area contributed by atoms with Crippen molar-refractivity contribution in [1.82, 2.24) is 0 Å². The average Bonchev–Trinajstić information content (AvgIpc) is 3.40. The Morgan fingerprint density at radius 2 is 1.93 bits per heavy atom. The van der Waals surface area contributed by atoms with Gasteiger partial charge in [0.1, 0.15) is 11.5 Å². The molecule has 7 heteroatoms. The Morgan fingerprint density at radius 3 is 2.61 bits per heavy atom. The summed E-state index contributed by atoms with van der Waals surface area (Å²) in [4.78, 5) is 14.3. The number of anilines is 2. The molecule has 1 amide bonds. The molecule has 0 radical (unpaired) electrons. The van der Waals surface area contributed by atoms with Crippen molar-refractivity contribution in [3.63, 3.8) is 0 Å². The molecule has 0 atom stereocenters. The van der Waals surface area contributed by atoms with Crippen LogP contribution in [0, 0.1) is 5.82 Å². The van der Waals surface area contributed by atoms with E-state index in [0.717, 1.165) is 36.2 Å². The van der Waals surface area contributed by atoms with Crippen LogP contribution >= 0.6 is 23.2 Å². The van der Waals surface area contributed by atoms with Gasteiger partial charge in [0.05, 0.1) is 22.2 Å². The van der Waals surface area contributed by atoms with Gasteiger partial charge in [-0.3, -0.25) is 4.79 Å². The van der Waals surface area contributed by atoms with E-state index in [9.17, 15) is 13.6 Å². The van der Waals surface area contributed by atoms with Crippen LogP contribution in [0.15, 0.2) is 30.3 Å². The second-order valence-electron chi connectivity index (χ2n) is 7.56. The molecule has 4 rings (SSSR count). The highest BCUT2D eigenvalue weighted by Gasteiger charge is 2.45. The number of benzene rings is 2. The molecular formula is C21H20Cl2F2N2O. The van der Waals surface area contributed by atoms with Crippen LogP contribution in [0.4, 0.5) is 20.2 Å².